The Labute approximate surface area is 213 Å². The first-order valence-electron chi connectivity index (χ1n) is 11.1. The maximum Gasteiger partial charge on any atom is 0.323 e. The lowest BCUT2D eigenvalue weighted by molar-refractivity contribution is -0.147. The van der Waals surface area contributed by atoms with Gasteiger partial charge in [-0.2, -0.15) is 0 Å². The number of halogens is 2. The topological polar surface area (TPSA) is 77.9 Å². The molecule has 35 heavy (non-hydrogen) atoms. The molecule has 8 heteroatoms. The van der Waals surface area contributed by atoms with E-state index >= 15 is 0 Å². The molecule has 0 aliphatic carbocycles. The number of amides is 2. The lowest BCUT2D eigenvalue weighted by Crippen LogP contribution is -2.54. The van der Waals surface area contributed by atoms with E-state index in [1.54, 1.807) is 35.2 Å². The van der Waals surface area contributed by atoms with Gasteiger partial charge in [0.2, 0.25) is 5.91 Å². The third kappa shape index (κ3) is 5.66. The third-order valence-corrected chi connectivity index (χ3v) is 6.83. The number of rotatable bonds is 6. The number of hydrogen-bond donors (Lipinski definition) is 1. The third-order valence-electron chi connectivity index (χ3n) is 6.09. The second kappa shape index (κ2) is 10.5. The van der Waals surface area contributed by atoms with Crippen molar-refractivity contribution in [3.05, 3.63) is 105 Å². The molecule has 1 heterocycles. The average molecular weight is 511 g/mol. The predicted octanol–water partition coefficient (Wildman–Crippen LogP) is 4.98. The monoisotopic (exact) mass is 510 g/mol. The van der Waals surface area contributed by atoms with Crippen molar-refractivity contribution in [2.75, 3.05) is 6.54 Å². The fourth-order valence-electron chi connectivity index (χ4n) is 4.26. The van der Waals surface area contributed by atoms with Gasteiger partial charge in [0.15, 0.2) is 0 Å². The second-order valence-electron chi connectivity index (χ2n) is 8.62. The fourth-order valence-corrected chi connectivity index (χ4v) is 4.58. The number of carbonyl (C=O) groups excluding carboxylic acids is 2. The quantitative estimate of drug-likeness (QED) is 0.507. The van der Waals surface area contributed by atoms with Gasteiger partial charge in [-0.1, -0.05) is 71.2 Å². The Hall–Kier alpha value is -3.35. The number of carbonyl (C=O) groups is 3. The van der Waals surface area contributed by atoms with Crippen LogP contribution in [0.25, 0.3) is 0 Å². The summed E-state index contributed by atoms with van der Waals surface area (Å²) in [4.78, 5) is 41.8. The summed E-state index contributed by atoms with van der Waals surface area (Å²) in [5, 5.41) is 10.2. The van der Waals surface area contributed by atoms with Crippen LogP contribution in [0.15, 0.2) is 66.7 Å². The number of benzene rings is 3. The van der Waals surface area contributed by atoms with Crippen molar-refractivity contribution in [2.24, 2.45) is 0 Å². The summed E-state index contributed by atoms with van der Waals surface area (Å²) in [6.07, 6.45) is 0.296. The number of carboxylic acid groups (broad SMARTS) is 1. The molecule has 1 atom stereocenters. The molecule has 3 aromatic rings. The van der Waals surface area contributed by atoms with E-state index in [2.05, 4.69) is 0 Å². The van der Waals surface area contributed by atoms with Gasteiger partial charge in [0.05, 0.1) is 10.0 Å². The first kappa shape index (κ1) is 24.8. The van der Waals surface area contributed by atoms with Crippen LogP contribution in [-0.4, -0.2) is 45.3 Å². The second-order valence-corrected chi connectivity index (χ2v) is 9.44. The average Bonchev–Trinajstić information content (AvgIpc) is 2.84. The molecule has 3 aromatic carbocycles. The van der Waals surface area contributed by atoms with Crippen LogP contribution < -0.4 is 0 Å². The lowest BCUT2D eigenvalue weighted by atomic mass is 9.92. The van der Waals surface area contributed by atoms with Gasteiger partial charge in [0, 0.05) is 25.1 Å². The highest BCUT2D eigenvalue weighted by atomic mass is 35.5. The van der Waals surface area contributed by atoms with Gasteiger partial charge in [0.25, 0.3) is 5.91 Å². The molecule has 4 rings (SSSR count). The van der Waals surface area contributed by atoms with Crippen molar-refractivity contribution in [1.82, 2.24) is 9.80 Å². The molecule has 2 amide bonds. The van der Waals surface area contributed by atoms with E-state index < -0.39 is 24.5 Å². The number of fused-ring (bicyclic) bond motifs is 1. The molecular weight excluding hydrogens is 487 g/mol. The SMILES string of the molecule is Cc1ccc(C(=O)N2Cc3ccccc3C[C@@H]2C(=O)N(CC(=O)O)Cc2ccc(Cl)c(Cl)c2)cc1. The van der Waals surface area contributed by atoms with Crippen LogP contribution >= 0.6 is 23.2 Å². The number of hydrogen-bond acceptors (Lipinski definition) is 3. The standard InChI is InChI=1S/C27H24Cl2N2O4/c1-17-6-9-19(10-7-17)26(34)31-15-21-5-3-2-4-20(21)13-24(31)27(35)30(16-25(32)33)14-18-8-11-22(28)23(29)12-18/h2-12,24H,13-16H2,1H3,(H,32,33)/t24-/m1/s1. The zero-order valence-corrected chi connectivity index (χ0v) is 20.6. The minimum Gasteiger partial charge on any atom is -0.480 e. The van der Waals surface area contributed by atoms with Gasteiger partial charge < -0.3 is 14.9 Å². The summed E-state index contributed by atoms with van der Waals surface area (Å²) in [7, 11) is 0. The first-order chi connectivity index (χ1) is 16.7. The molecule has 0 saturated carbocycles. The molecule has 1 aliphatic heterocycles. The van der Waals surface area contributed by atoms with Crippen molar-refractivity contribution in [3.8, 4) is 0 Å². The largest absolute Gasteiger partial charge is 0.480 e. The summed E-state index contributed by atoms with van der Waals surface area (Å²) in [5.41, 5.74) is 4.06. The molecule has 1 aliphatic rings. The Morgan fingerprint density at radius 2 is 1.66 bits per heavy atom. The summed E-state index contributed by atoms with van der Waals surface area (Å²) >= 11 is 12.1. The van der Waals surface area contributed by atoms with Crippen molar-refractivity contribution in [1.29, 1.82) is 0 Å². The normalized spacial score (nSPS) is 14.8. The zero-order valence-electron chi connectivity index (χ0n) is 19.1. The molecule has 0 spiro atoms. The number of aliphatic carboxylic acids is 1. The van der Waals surface area contributed by atoms with Crippen LogP contribution in [0.5, 0.6) is 0 Å². The van der Waals surface area contributed by atoms with E-state index in [1.165, 1.54) is 4.90 Å². The minimum atomic E-state index is -1.15. The van der Waals surface area contributed by atoms with Crippen LogP contribution in [-0.2, 0) is 29.1 Å². The summed E-state index contributed by atoms with van der Waals surface area (Å²) in [5.74, 6) is -1.86. The van der Waals surface area contributed by atoms with Crippen LogP contribution in [0.4, 0.5) is 0 Å². The Bertz CT molecular complexity index is 1280. The van der Waals surface area contributed by atoms with Gasteiger partial charge in [-0.15, -0.1) is 0 Å². The number of carboxylic acids is 1. The van der Waals surface area contributed by atoms with Crippen LogP contribution in [0.1, 0.15) is 32.6 Å². The smallest absolute Gasteiger partial charge is 0.323 e. The molecule has 180 valence electrons. The van der Waals surface area contributed by atoms with Crippen molar-refractivity contribution in [2.45, 2.75) is 32.5 Å². The van der Waals surface area contributed by atoms with Gasteiger partial charge in [-0.05, 0) is 47.9 Å². The lowest BCUT2D eigenvalue weighted by Gasteiger charge is -2.38. The van der Waals surface area contributed by atoms with Gasteiger partial charge in [-0.3, -0.25) is 14.4 Å². The summed E-state index contributed by atoms with van der Waals surface area (Å²) in [6, 6.07) is 18.9. The minimum absolute atomic E-state index is 0.0206. The Balaban J connectivity index is 1.68. The van der Waals surface area contributed by atoms with E-state index in [0.29, 0.717) is 27.6 Å². The molecular formula is C27H24Cl2N2O4. The van der Waals surface area contributed by atoms with E-state index in [1.807, 2.05) is 43.3 Å². The summed E-state index contributed by atoms with van der Waals surface area (Å²) < 4.78 is 0. The first-order valence-corrected chi connectivity index (χ1v) is 11.9. The molecule has 0 unspecified atom stereocenters. The summed E-state index contributed by atoms with van der Waals surface area (Å²) in [6.45, 7) is 1.70. The fraction of sp³-hybridized carbons (Fsp3) is 0.222. The van der Waals surface area contributed by atoms with E-state index in [4.69, 9.17) is 23.2 Å². The van der Waals surface area contributed by atoms with E-state index in [0.717, 1.165) is 16.7 Å². The van der Waals surface area contributed by atoms with Crippen molar-refractivity contribution in [3.63, 3.8) is 0 Å². The van der Waals surface area contributed by atoms with Crippen molar-refractivity contribution >= 4 is 41.0 Å². The van der Waals surface area contributed by atoms with E-state index in [-0.39, 0.29) is 19.0 Å². The number of aryl methyl sites for hydroxylation is 1. The molecule has 6 nitrogen and oxygen atoms in total. The Morgan fingerprint density at radius 1 is 0.971 bits per heavy atom. The highest BCUT2D eigenvalue weighted by Gasteiger charge is 2.37. The van der Waals surface area contributed by atoms with Crippen LogP contribution in [0.2, 0.25) is 10.0 Å². The Morgan fingerprint density at radius 3 is 2.31 bits per heavy atom. The molecule has 0 radical (unpaired) electrons. The van der Waals surface area contributed by atoms with Gasteiger partial charge >= 0.3 is 5.97 Å². The number of nitrogens with zero attached hydrogens (tertiary/aromatic N) is 2. The maximum atomic E-state index is 13.8. The highest BCUT2D eigenvalue weighted by molar-refractivity contribution is 6.42. The molecule has 1 N–H and O–H groups in total. The molecule has 0 saturated heterocycles. The van der Waals surface area contributed by atoms with Crippen LogP contribution in [0, 0.1) is 6.92 Å². The molecule has 0 fully saturated rings. The maximum absolute atomic E-state index is 13.8. The zero-order chi connectivity index (χ0) is 25.1. The van der Waals surface area contributed by atoms with Gasteiger partial charge in [0.1, 0.15) is 12.6 Å². The van der Waals surface area contributed by atoms with Crippen LogP contribution in [0.3, 0.4) is 0 Å². The predicted molar refractivity (Wildman–Crippen MR) is 135 cm³/mol. The Kier molecular flexibility index (Phi) is 7.43. The van der Waals surface area contributed by atoms with E-state index in [9.17, 15) is 19.5 Å². The molecule has 0 aromatic heterocycles. The van der Waals surface area contributed by atoms with Gasteiger partial charge in [-0.25, -0.2) is 0 Å². The highest BCUT2D eigenvalue weighted by Crippen LogP contribution is 2.28. The van der Waals surface area contributed by atoms with Crippen molar-refractivity contribution < 1.29 is 19.5 Å². The molecule has 0 bridgehead atoms.